The SMILES string of the molecule is c1ccc(C(CCn2cnc3ccccc32)(c2ccccc2)c2ccccc2)cc1. The van der Waals surface area contributed by atoms with Gasteiger partial charge in [-0.1, -0.05) is 103 Å². The summed E-state index contributed by atoms with van der Waals surface area (Å²) >= 11 is 0. The van der Waals surface area contributed by atoms with Gasteiger partial charge in [-0.3, -0.25) is 0 Å². The van der Waals surface area contributed by atoms with E-state index < -0.39 is 0 Å². The Morgan fingerprint density at radius 1 is 0.567 bits per heavy atom. The maximum atomic E-state index is 4.60. The van der Waals surface area contributed by atoms with E-state index in [0.717, 1.165) is 18.5 Å². The highest BCUT2D eigenvalue weighted by molar-refractivity contribution is 5.74. The number of rotatable bonds is 6. The topological polar surface area (TPSA) is 17.8 Å². The number of aromatic nitrogens is 2. The molecule has 0 aliphatic heterocycles. The van der Waals surface area contributed by atoms with Crippen LogP contribution in [0.25, 0.3) is 11.0 Å². The second-order valence-electron chi connectivity index (χ2n) is 7.68. The quantitative estimate of drug-likeness (QED) is 0.305. The van der Waals surface area contributed by atoms with Crippen molar-refractivity contribution in [3.05, 3.63) is 138 Å². The maximum Gasteiger partial charge on any atom is 0.0958 e. The number of fused-ring (bicyclic) bond motifs is 1. The summed E-state index contributed by atoms with van der Waals surface area (Å²) in [7, 11) is 0. The number of hydrogen-bond donors (Lipinski definition) is 0. The molecule has 0 spiro atoms. The van der Waals surface area contributed by atoms with E-state index in [1.807, 2.05) is 12.4 Å². The average molecular weight is 389 g/mol. The lowest BCUT2D eigenvalue weighted by Gasteiger charge is -2.36. The van der Waals surface area contributed by atoms with Gasteiger partial charge in [0.25, 0.3) is 0 Å². The molecule has 0 unspecified atom stereocenters. The van der Waals surface area contributed by atoms with Gasteiger partial charge in [0.05, 0.1) is 17.4 Å². The Morgan fingerprint density at radius 3 is 1.57 bits per heavy atom. The molecule has 0 atom stereocenters. The molecule has 0 radical (unpaired) electrons. The van der Waals surface area contributed by atoms with Gasteiger partial charge < -0.3 is 4.57 Å². The van der Waals surface area contributed by atoms with E-state index in [1.54, 1.807) is 0 Å². The smallest absolute Gasteiger partial charge is 0.0958 e. The summed E-state index contributed by atoms with van der Waals surface area (Å²) in [6, 6.07) is 41.0. The fraction of sp³-hybridized carbons (Fsp3) is 0.107. The molecule has 1 heterocycles. The molecular weight excluding hydrogens is 364 g/mol. The van der Waals surface area contributed by atoms with Crippen molar-refractivity contribution in [2.24, 2.45) is 0 Å². The van der Waals surface area contributed by atoms with Crippen molar-refractivity contribution < 1.29 is 0 Å². The molecule has 30 heavy (non-hydrogen) atoms. The van der Waals surface area contributed by atoms with Gasteiger partial charge in [0.15, 0.2) is 0 Å². The van der Waals surface area contributed by atoms with Gasteiger partial charge in [-0.2, -0.15) is 0 Å². The number of nitrogens with zero attached hydrogens (tertiary/aromatic N) is 2. The van der Waals surface area contributed by atoms with Crippen LogP contribution >= 0.6 is 0 Å². The van der Waals surface area contributed by atoms with Crippen LogP contribution in [0.15, 0.2) is 122 Å². The third kappa shape index (κ3) is 3.21. The van der Waals surface area contributed by atoms with E-state index in [2.05, 4.69) is 119 Å². The standard InChI is InChI=1S/C28H24N2/c1-4-12-23(13-5-1)28(24-14-6-2-7-15-24,25-16-8-3-9-17-25)20-21-30-22-29-26-18-10-11-19-27(26)30/h1-19,22H,20-21H2. The lowest BCUT2D eigenvalue weighted by atomic mass is 9.67. The summed E-state index contributed by atoms with van der Waals surface area (Å²) in [5, 5.41) is 0. The molecule has 0 saturated carbocycles. The predicted octanol–water partition coefficient (Wildman–Crippen LogP) is 6.46. The molecular formula is C28H24N2. The number of hydrogen-bond acceptors (Lipinski definition) is 1. The largest absolute Gasteiger partial charge is 0.331 e. The van der Waals surface area contributed by atoms with Crippen molar-refractivity contribution in [3.63, 3.8) is 0 Å². The maximum absolute atomic E-state index is 4.60. The lowest BCUT2D eigenvalue weighted by Crippen LogP contribution is -2.31. The number of para-hydroxylation sites is 2. The van der Waals surface area contributed by atoms with Crippen LogP contribution in [0, 0.1) is 0 Å². The van der Waals surface area contributed by atoms with Crippen molar-refractivity contribution in [3.8, 4) is 0 Å². The highest BCUT2D eigenvalue weighted by atomic mass is 15.0. The molecule has 1 aromatic heterocycles. The predicted molar refractivity (Wildman–Crippen MR) is 124 cm³/mol. The van der Waals surface area contributed by atoms with E-state index in [4.69, 9.17) is 0 Å². The molecule has 0 N–H and O–H groups in total. The van der Waals surface area contributed by atoms with E-state index in [1.165, 1.54) is 22.2 Å². The Morgan fingerprint density at radius 2 is 1.03 bits per heavy atom. The van der Waals surface area contributed by atoms with Crippen LogP contribution in [0.4, 0.5) is 0 Å². The summed E-state index contributed by atoms with van der Waals surface area (Å²) in [5.74, 6) is 0. The zero-order valence-corrected chi connectivity index (χ0v) is 16.9. The Bertz CT molecular complexity index is 1130. The van der Waals surface area contributed by atoms with Gasteiger partial charge in [-0.25, -0.2) is 4.98 Å². The fourth-order valence-corrected chi connectivity index (χ4v) is 4.58. The summed E-state index contributed by atoms with van der Waals surface area (Å²) in [6.07, 6.45) is 2.90. The van der Waals surface area contributed by atoms with Crippen LogP contribution in [0.1, 0.15) is 23.1 Å². The molecule has 2 heteroatoms. The zero-order chi connectivity index (χ0) is 20.2. The minimum absolute atomic E-state index is 0.241. The summed E-state index contributed by atoms with van der Waals surface area (Å²) in [6.45, 7) is 0.874. The van der Waals surface area contributed by atoms with E-state index in [9.17, 15) is 0 Å². The molecule has 5 rings (SSSR count). The van der Waals surface area contributed by atoms with Crippen molar-refractivity contribution in [2.45, 2.75) is 18.4 Å². The highest BCUT2D eigenvalue weighted by Gasteiger charge is 2.35. The van der Waals surface area contributed by atoms with Gasteiger partial charge in [0, 0.05) is 12.0 Å². The molecule has 4 aromatic carbocycles. The van der Waals surface area contributed by atoms with Gasteiger partial charge in [-0.05, 0) is 35.2 Å². The average Bonchev–Trinajstić information content (AvgIpc) is 3.25. The third-order valence-electron chi connectivity index (χ3n) is 6.05. The monoisotopic (exact) mass is 388 g/mol. The Kier molecular flexibility index (Phi) is 4.90. The minimum Gasteiger partial charge on any atom is -0.331 e. The van der Waals surface area contributed by atoms with Crippen molar-refractivity contribution >= 4 is 11.0 Å². The fourth-order valence-electron chi connectivity index (χ4n) is 4.58. The number of imidazole rings is 1. The number of benzene rings is 4. The van der Waals surface area contributed by atoms with Crippen LogP contribution < -0.4 is 0 Å². The molecule has 0 aliphatic rings. The van der Waals surface area contributed by atoms with Gasteiger partial charge in [0.1, 0.15) is 0 Å². The molecule has 5 aromatic rings. The highest BCUT2D eigenvalue weighted by Crippen LogP contribution is 2.42. The van der Waals surface area contributed by atoms with E-state index >= 15 is 0 Å². The molecule has 0 saturated heterocycles. The Hall–Kier alpha value is -3.65. The van der Waals surface area contributed by atoms with Gasteiger partial charge in [-0.15, -0.1) is 0 Å². The van der Waals surface area contributed by atoms with Gasteiger partial charge in [0.2, 0.25) is 0 Å². The molecule has 0 fully saturated rings. The second kappa shape index (κ2) is 8.00. The summed E-state index contributed by atoms with van der Waals surface area (Å²) < 4.78 is 2.28. The zero-order valence-electron chi connectivity index (χ0n) is 16.9. The molecule has 146 valence electrons. The first-order valence-electron chi connectivity index (χ1n) is 10.4. The van der Waals surface area contributed by atoms with Crippen LogP contribution in [-0.2, 0) is 12.0 Å². The van der Waals surface area contributed by atoms with Crippen LogP contribution in [0.5, 0.6) is 0 Å². The van der Waals surface area contributed by atoms with Crippen LogP contribution in [0.2, 0.25) is 0 Å². The van der Waals surface area contributed by atoms with Crippen LogP contribution in [-0.4, -0.2) is 9.55 Å². The lowest BCUT2D eigenvalue weighted by molar-refractivity contribution is 0.504. The third-order valence-corrected chi connectivity index (χ3v) is 6.05. The van der Waals surface area contributed by atoms with Crippen molar-refractivity contribution in [2.75, 3.05) is 0 Å². The first-order chi connectivity index (χ1) is 14.9. The van der Waals surface area contributed by atoms with Crippen molar-refractivity contribution in [1.82, 2.24) is 9.55 Å². The molecule has 0 amide bonds. The minimum atomic E-state index is -0.241. The molecule has 2 nitrogen and oxygen atoms in total. The van der Waals surface area contributed by atoms with Crippen LogP contribution in [0.3, 0.4) is 0 Å². The van der Waals surface area contributed by atoms with Crippen molar-refractivity contribution in [1.29, 1.82) is 0 Å². The summed E-state index contributed by atoms with van der Waals surface area (Å²) in [5.41, 5.74) is 5.92. The second-order valence-corrected chi connectivity index (χ2v) is 7.68. The molecule has 0 aliphatic carbocycles. The van der Waals surface area contributed by atoms with Gasteiger partial charge >= 0.3 is 0 Å². The molecule has 0 bridgehead atoms. The normalized spacial score (nSPS) is 11.6. The first kappa shape index (κ1) is 18.4. The van der Waals surface area contributed by atoms with E-state index in [-0.39, 0.29) is 5.41 Å². The van der Waals surface area contributed by atoms with E-state index in [0.29, 0.717) is 0 Å². The Balaban J connectivity index is 1.67. The number of aryl methyl sites for hydroxylation is 1. The summed E-state index contributed by atoms with van der Waals surface area (Å²) in [4.78, 5) is 4.60. The first-order valence-corrected chi connectivity index (χ1v) is 10.4. The Labute approximate surface area is 177 Å².